The van der Waals surface area contributed by atoms with Crippen molar-refractivity contribution in [1.29, 1.82) is 0 Å². The highest BCUT2D eigenvalue weighted by Gasteiger charge is 2.30. The van der Waals surface area contributed by atoms with E-state index in [9.17, 15) is 14.5 Å². The van der Waals surface area contributed by atoms with Crippen molar-refractivity contribution in [3.8, 4) is 5.75 Å². The number of hydrogen-bond donors (Lipinski definition) is 1. The van der Waals surface area contributed by atoms with E-state index in [1.54, 1.807) is 0 Å². The van der Waals surface area contributed by atoms with Gasteiger partial charge in [-0.25, -0.2) is 4.39 Å². The molecule has 0 aromatic heterocycles. The molecule has 1 N–H and O–H groups in total. The van der Waals surface area contributed by atoms with Crippen LogP contribution in [0.15, 0.2) is 18.2 Å². The average molecular weight is 266 g/mol. The number of nitro benzene ring substituents is 1. The molecule has 100 valence electrons. The number of aliphatic hydroxyl groups excluding tert-OH is 1. The van der Waals surface area contributed by atoms with Crippen LogP contribution in [0.2, 0.25) is 0 Å². The second-order valence-electron chi connectivity index (χ2n) is 4.41. The van der Waals surface area contributed by atoms with Gasteiger partial charge in [-0.3, -0.25) is 10.1 Å². The second kappa shape index (κ2) is 5.54. The first-order valence-electron chi connectivity index (χ1n) is 5.73. The summed E-state index contributed by atoms with van der Waals surface area (Å²) in [5.41, 5.74) is -0.365. The van der Waals surface area contributed by atoms with Gasteiger partial charge in [0.25, 0.3) is 5.69 Å². The highest BCUT2D eigenvalue weighted by atomic mass is 19.1. The number of halogens is 1. The van der Waals surface area contributed by atoms with Gasteiger partial charge in [-0.2, -0.15) is 0 Å². The van der Waals surface area contributed by atoms with E-state index in [0.29, 0.717) is 13.0 Å². The van der Waals surface area contributed by atoms with Crippen LogP contribution in [0.1, 0.15) is 6.42 Å². The van der Waals surface area contributed by atoms with Crippen molar-refractivity contribution in [3.63, 3.8) is 0 Å². The normalized spacial score (nSPS) is 23.5. The van der Waals surface area contributed by atoms with Gasteiger partial charge in [-0.05, 0) is 0 Å². The number of non-ortho nitro benzene ring substituents is 1. The summed E-state index contributed by atoms with van der Waals surface area (Å²) in [4.78, 5) is 11.4. The Kier molecular flexibility index (Phi) is 4.01. The fraction of sp³-hybridized carbons (Fsp3) is 0.455. The lowest BCUT2D eigenvalue weighted by atomic mass is 10.2. The smallest absolute Gasteiger partial charge is 0.276 e. The molecule has 1 aromatic rings. The van der Waals surface area contributed by atoms with Crippen LogP contribution in [0.3, 0.4) is 0 Å². The number of nitrogens with zero attached hydrogens (tertiary/aromatic N) is 2. The number of hydrogen-bond acceptors (Lipinski definition) is 5. The van der Waals surface area contributed by atoms with E-state index in [4.69, 9.17) is 17.8 Å². The van der Waals surface area contributed by atoms with Gasteiger partial charge in [-0.1, -0.05) is 0 Å². The summed E-state index contributed by atoms with van der Waals surface area (Å²) in [7, 11) is 5.65. The lowest BCUT2D eigenvalue weighted by molar-refractivity contribution is -0.385. The Labute approximate surface area is 110 Å². The fourth-order valence-electron chi connectivity index (χ4n) is 2.08. The maximum absolute atomic E-state index is 13.2. The molecule has 1 fully saturated rings. The van der Waals surface area contributed by atoms with Gasteiger partial charge in [0.1, 0.15) is 17.7 Å². The van der Waals surface area contributed by atoms with E-state index in [1.807, 2.05) is 0 Å². The van der Waals surface area contributed by atoms with E-state index in [0.717, 1.165) is 18.2 Å². The van der Waals surface area contributed by atoms with E-state index in [-0.39, 0.29) is 30.2 Å². The molecule has 2 rings (SSSR count). The van der Waals surface area contributed by atoms with Crippen molar-refractivity contribution >= 4 is 13.7 Å². The third kappa shape index (κ3) is 3.21. The van der Waals surface area contributed by atoms with Crippen LogP contribution in [0.4, 0.5) is 10.1 Å². The molecule has 2 radical (unpaired) electrons. The number of aliphatic hydroxyl groups is 1. The SMILES string of the molecule is [B]N1C[C@H](Oc2cc(F)cc([N+](=O)[O-])c2)C[C@H]1CO. The molecule has 1 heterocycles. The number of ether oxygens (including phenoxy) is 1. The fourth-order valence-corrected chi connectivity index (χ4v) is 2.08. The van der Waals surface area contributed by atoms with Crippen molar-refractivity contribution in [2.24, 2.45) is 0 Å². The van der Waals surface area contributed by atoms with Crippen molar-refractivity contribution in [2.75, 3.05) is 13.2 Å². The maximum Gasteiger partial charge on any atom is 0.276 e. The predicted octanol–water partition coefficient (Wildman–Crippen LogP) is 0.631. The van der Waals surface area contributed by atoms with E-state index in [2.05, 4.69) is 0 Å². The first-order chi connectivity index (χ1) is 8.99. The van der Waals surface area contributed by atoms with Crippen LogP contribution in [-0.2, 0) is 0 Å². The van der Waals surface area contributed by atoms with Crippen molar-refractivity contribution in [2.45, 2.75) is 18.6 Å². The van der Waals surface area contributed by atoms with Gasteiger partial charge in [-0.15, -0.1) is 0 Å². The summed E-state index contributed by atoms with van der Waals surface area (Å²) in [5, 5.41) is 19.7. The summed E-state index contributed by atoms with van der Waals surface area (Å²) in [6.45, 7) is 0.273. The molecule has 19 heavy (non-hydrogen) atoms. The average Bonchev–Trinajstić information content (AvgIpc) is 2.68. The molecule has 8 heteroatoms. The molecule has 0 bridgehead atoms. The first-order valence-corrected chi connectivity index (χ1v) is 5.73. The second-order valence-corrected chi connectivity index (χ2v) is 4.41. The Morgan fingerprint density at radius 2 is 2.32 bits per heavy atom. The number of nitro groups is 1. The van der Waals surface area contributed by atoms with E-state index >= 15 is 0 Å². The molecule has 1 saturated heterocycles. The van der Waals surface area contributed by atoms with Gasteiger partial charge >= 0.3 is 0 Å². The summed E-state index contributed by atoms with van der Waals surface area (Å²) < 4.78 is 18.7. The maximum atomic E-state index is 13.2. The molecule has 6 nitrogen and oxygen atoms in total. The summed E-state index contributed by atoms with van der Waals surface area (Å²) in [6, 6.07) is 2.86. The van der Waals surface area contributed by atoms with Crippen LogP contribution < -0.4 is 4.74 Å². The van der Waals surface area contributed by atoms with Gasteiger partial charge in [0.05, 0.1) is 23.7 Å². The van der Waals surface area contributed by atoms with Crippen molar-refractivity contribution in [1.82, 2.24) is 4.81 Å². The van der Waals surface area contributed by atoms with Crippen LogP contribution in [0.25, 0.3) is 0 Å². The highest BCUT2D eigenvalue weighted by molar-refractivity contribution is 6.04. The summed E-state index contributed by atoms with van der Waals surface area (Å²) in [5.74, 6) is -0.644. The Balaban J connectivity index is 2.09. The zero-order valence-electron chi connectivity index (χ0n) is 10.0. The van der Waals surface area contributed by atoms with Gasteiger partial charge < -0.3 is 14.7 Å². The van der Waals surface area contributed by atoms with Crippen molar-refractivity contribution in [3.05, 3.63) is 34.1 Å². The molecule has 0 amide bonds. The molecule has 2 atom stereocenters. The minimum absolute atomic E-state index is 0.0867. The number of rotatable bonds is 4. The van der Waals surface area contributed by atoms with Crippen molar-refractivity contribution < 1.29 is 19.2 Å². The Morgan fingerprint density at radius 3 is 2.89 bits per heavy atom. The van der Waals surface area contributed by atoms with Gasteiger partial charge in [0.15, 0.2) is 7.98 Å². The summed E-state index contributed by atoms with van der Waals surface area (Å²) >= 11 is 0. The number of benzene rings is 1. The molecule has 0 aliphatic carbocycles. The highest BCUT2D eigenvalue weighted by Crippen LogP contribution is 2.26. The lowest BCUT2D eigenvalue weighted by Crippen LogP contribution is -2.29. The molecule has 0 spiro atoms. The molecule has 1 aliphatic rings. The third-order valence-corrected chi connectivity index (χ3v) is 3.00. The monoisotopic (exact) mass is 266 g/mol. The van der Waals surface area contributed by atoms with Gasteiger partial charge in [0.2, 0.25) is 0 Å². The molecule has 0 saturated carbocycles. The van der Waals surface area contributed by atoms with Crippen LogP contribution in [0.5, 0.6) is 5.75 Å². The minimum atomic E-state index is -0.731. The van der Waals surface area contributed by atoms with Crippen LogP contribution >= 0.6 is 0 Å². The standard InChI is InChI=1S/C11H12BFN2O4/c12-14-5-11(4-9(14)6-16)19-10-2-7(13)1-8(3-10)15(17)18/h1-3,9,11,16H,4-6H2/t9-,11+/m0/s1. The quantitative estimate of drug-likeness (QED) is 0.491. The van der Waals surface area contributed by atoms with Crippen LogP contribution in [-0.4, -0.2) is 48.1 Å². The molecule has 1 aromatic carbocycles. The van der Waals surface area contributed by atoms with Gasteiger partial charge in [0, 0.05) is 25.1 Å². The molecular weight excluding hydrogens is 254 g/mol. The van der Waals surface area contributed by atoms with E-state index < -0.39 is 10.7 Å². The molecule has 0 unspecified atom stereocenters. The van der Waals surface area contributed by atoms with Crippen LogP contribution in [0, 0.1) is 15.9 Å². The first kappa shape index (κ1) is 13.8. The topological polar surface area (TPSA) is 75.8 Å². The zero-order valence-corrected chi connectivity index (χ0v) is 10.0. The minimum Gasteiger partial charge on any atom is -0.489 e. The lowest BCUT2D eigenvalue weighted by Gasteiger charge is -2.15. The summed E-state index contributed by atoms with van der Waals surface area (Å²) in [6.07, 6.45) is 0.153. The zero-order chi connectivity index (χ0) is 14.0. The Hall–Kier alpha value is -1.67. The Morgan fingerprint density at radius 1 is 1.58 bits per heavy atom. The Bertz CT molecular complexity index is 488. The largest absolute Gasteiger partial charge is 0.489 e. The van der Waals surface area contributed by atoms with E-state index in [1.165, 1.54) is 4.81 Å². The molecular formula is C11H12BFN2O4. The third-order valence-electron chi connectivity index (χ3n) is 3.00. The molecule has 1 aliphatic heterocycles. The predicted molar refractivity (Wildman–Crippen MR) is 65.4 cm³/mol.